The van der Waals surface area contributed by atoms with E-state index in [1.165, 1.54) is 0 Å². The molecule has 0 amide bonds. The normalized spacial score (nSPS) is 12.8. The molecular formula is C16H24O6S. The van der Waals surface area contributed by atoms with E-state index in [9.17, 15) is 18.3 Å². The van der Waals surface area contributed by atoms with Gasteiger partial charge in [-0.05, 0) is 30.5 Å². The van der Waals surface area contributed by atoms with Gasteiger partial charge in [-0.1, -0.05) is 31.9 Å². The maximum absolute atomic E-state index is 11.2. The highest BCUT2D eigenvalue weighted by atomic mass is 32.2. The summed E-state index contributed by atoms with van der Waals surface area (Å²) >= 11 is 0. The summed E-state index contributed by atoms with van der Waals surface area (Å²) in [6, 6.07) is 7.15. The van der Waals surface area contributed by atoms with E-state index < -0.39 is 16.1 Å². The minimum absolute atomic E-state index is 0.0430. The van der Waals surface area contributed by atoms with Crippen LogP contribution in [0.4, 0.5) is 0 Å². The zero-order chi connectivity index (χ0) is 17.3. The average molecular weight is 344 g/mol. The van der Waals surface area contributed by atoms with E-state index in [1.807, 2.05) is 19.1 Å². The van der Waals surface area contributed by atoms with Crippen LogP contribution in [0.2, 0.25) is 0 Å². The van der Waals surface area contributed by atoms with E-state index in [0.29, 0.717) is 18.6 Å². The molecule has 23 heavy (non-hydrogen) atoms. The lowest BCUT2D eigenvalue weighted by atomic mass is 9.94. The number of rotatable bonds is 11. The van der Waals surface area contributed by atoms with Crippen LogP contribution < -0.4 is 4.74 Å². The zero-order valence-electron chi connectivity index (χ0n) is 13.5. The molecule has 0 aliphatic carbocycles. The van der Waals surface area contributed by atoms with Crippen molar-refractivity contribution in [3.05, 3.63) is 29.8 Å². The summed E-state index contributed by atoms with van der Waals surface area (Å²) in [5.74, 6) is -0.548. The van der Waals surface area contributed by atoms with Crippen molar-refractivity contribution in [3.63, 3.8) is 0 Å². The van der Waals surface area contributed by atoms with Gasteiger partial charge >= 0.3 is 5.97 Å². The molecule has 0 radical (unpaired) electrons. The molecule has 0 saturated carbocycles. The van der Waals surface area contributed by atoms with Crippen LogP contribution in [0.1, 0.15) is 31.7 Å². The molecule has 1 N–H and O–H groups in total. The third kappa shape index (κ3) is 8.56. The molecule has 0 aliphatic rings. The van der Waals surface area contributed by atoms with Crippen molar-refractivity contribution in [2.24, 2.45) is 5.92 Å². The van der Waals surface area contributed by atoms with Gasteiger partial charge in [0.1, 0.15) is 19.0 Å². The molecule has 0 fully saturated rings. The maximum atomic E-state index is 11.2. The van der Waals surface area contributed by atoms with Gasteiger partial charge < -0.3 is 9.84 Å². The molecule has 1 atom stereocenters. The highest BCUT2D eigenvalue weighted by Crippen LogP contribution is 2.18. The summed E-state index contributed by atoms with van der Waals surface area (Å²) in [6.45, 7) is 2.12. The Balaban J connectivity index is 2.47. The maximum Gasteiger partial charge on any atom is 0.306 e. The topological polar surface area (TPSA) is 89.9 Å². The minimum Gasteiger partial charge on any atom is -0.491 e. The Kier molecular flexibility index (Phi) is 8.05. The molecule has 7 heteroatoms. The van der Waals surface area contributed by atoms with Crippen molar-refractivity contribution < 1.29 is 27.2 Å². The summed E-state index contributed by atoms with van der Waals surface area (Å²) in [7, 11) is -3.45. The first-order valence-electron chi connectivity index (χ1n) is 7.60. The number of carboxylic acids is 1. The van der Waals surface area contributed by atoms with Crippen molar-refractivity contribution in [2.75, 3.05) is 19.5 Å². The van der Waals surface area contributed by atoms with Crippen molar-refractivity contribution in [3.8, 4) is 5.75 Å². The van der Waals surface area contributed by atoms with Gasteiger partial charge in [-0.15, -0.1) is 0 Å². The average Bonchev–Trinajstić information content (AvgIpc) is 2.48. The van der Waals surface area contributed by atoms with E-state index in [-0.39, 0.29) is 19.1 Å². The van der Waals surface area contributed by atoms with Crippen LogP contribution in [-0.2, 0) is 25.5 Å². The first kappa shape index (κ1) is 19.4. The molecule has 0 aliphatic heterocycles. The van der Waals surface area contributed by atoms with Gasteiger partial charge in [0.05, 0.1) is 12.2 Å². The van der Waals surface area contributed by atoms with E-state index in [4.69, 9.17) is 4.74 Å². The quantitative estimate of drug-likeness (QED) is 0.490. The monoisotopic (exact) mass is 344 g/mol. The second-order valence-electron chi connectivity index (χ2n) is 5.40. The molecule has 1 unspecified atom stereocenters. The van der Waals surface area contributed by atoms with Crippen molar-refractivity contribution >= 4 is 16.1 Å². The van der Waals surface area contributed by atoms with Gasteiger partial charge in [0.15, 0.2) is 0 Å². The molecule has 0 aromatic heterocycles. The minimum atomic E-state index is -3.45. The lowest BCUT2D eigenvalue weighted by Gasteiger charge is -2.12. The fraction of sp³-hybridized carbons (Fsp3) is 0.562. The number of carboxylic acid groups (broad SMARTS) is 1. The second kappa shape index (κ2) is 9.52. The summed E-state index contributed by atoms with van der Waals surface area (Å²) in [4.78, 5) is 11.2. The van der Waals surface area contributed by atoms with Crippen LogP contribution in [0.15, 0.2) is 24.3 Å². The van der Waals surface area contributed by atoms with Crippen LogP contribution in [-0.4, -0.2) is 39.0 Å². The predicted octanol–water partition coefficient (Wildman–Crippen LogP) is 2.48. The molecular weight excluding hydrogens is 320 g/mol. The van der Waals surface area contributed by atoms with Crippen molar-refractivity contribution in [2.45, 2.75) is 32.6 Å². The zero-order valence-corrected chi connectivity index (χ0v) is 14.3. The van der Waals surface area contributed by atoms with Crippen molar-refractivity contribution in [1.29, 1.82) is 0 Å². The summed E-state index contributed by atoms with van der Waals surface area (Å²) in [5, 5.41) is 9.24. The molecule has 0 spiro atoms. The Hall–Kier alpha value is -1.60. The number of aliphatic carboxylic acids is 1. The molecule has 130 valence electrons. The molecule has 1 rings (SSSR count). The van der Waals surface area contributed by atoms with Crippen molar-refractivity contribution in [1.82, 2.24) is 0 Å². The van der Waals surface area contributed by atoms with E-state index in [2.05, 4.69) is 4.18 Å². The summed E-state index contributed by atoms with van der Waals surface area (Å²) in [5.41, 5.74) is 0.938. The highest BCUT2D eigenvalue weighted by molar-refractivity contribution is 7.85. The number of unbranched alkanes of at least 4 members (excludes halogenated alkanes) is 1. The van der Waals surface area contributed by atoms with Gasteiger partial charge in [-0.25, -0.2) is 0 Å². The number of benzene rings is 1. The lowest BCUT2D eigenvalue weighted by molar-refractivity contribution is -0.142. The van der Waals surface area contributed by atoms with E-state index in [0.717, 1.165) is 24.7 Å². The molecule has 0 bridgehead atoms. The fourth-order valence-corrected chi connectivity index (χ4v) is 2.49. The van der Waals surface area contributed by atoms with Gasteiger partial charge in [0.25, 0.3) is 10.1 Å². The van der Waals surface area contributed by atoms with Crippen LogP contribution in [0, 0.1) is 5.92 Å². The standard InChI is InChI=1S/C16H24O6S/c1-3-4-5-14(16(17)18)12-13-6-8-15(9-7-13)21-10-11-22-23(2,19)20/h6-9,14H,3-5,10-12H2,1-2H3,(H,17,18). The number of ether oxygens (including phenoxy) is 1. The van der Waals surface area contributed by atoms with Crippen LogP contribution in [0.3, 0.4) is 0 Å². The van der Waals surface area contributed by atoms with Gasteiger partial charge in [-0.2, -0.15) is 8.42 Å². The molecule has 1 aromatic carbocycles. The van der Waals surface area contributed by atoms with Gasteiger partial charge in [0.2, 0.25) is 0 Å². The lowest BCUT2D eigenvalue weighted by Crippen LogP contribution is -2.16. The SMILES string of the molecule is CCCCC(Cc1ccc(OCCOS(C)(=O)=O)cc1)C(=O)O. The molecule has 0 saturated heterocycles. The number of carbonyl (C=O) groups is 1. The molecule has 1 aromatic rings. The number of hydrogen-bond acceptors (Lipinski definition) is 5. The molecule has 0 heterocycles. The van der Waals surface area contributed by atoms with Crippen LogP contribution in [0.25, 0.3) is 0 Å². The van der Waals surface area contributed by atoms with Crippen LogP contribution in [0.5, 0.6) is 5.75 Å². The third-order valence-corrected chi connectivity index (χ3v) is 3.91. The van der Waals surface area contributed by atoms with E-state index in [1.54, 1.807) is 12.1 Å². The second-order valence-corrected chi connectivity index (χ2v) is 7.04. The predicted molar refractivity (Wildman–Crippen MR) is 87.1 cm³/mol. The third-order valence-electron chi connectivity index (χ3n) is 3.31. The Morgan fingerprint density at radius 2 is 1.87 bits per heavy atom. The van der Waals surface area contributed by atoms with Gasteiger partial charge in [0, 0.05) is 0 Å². The van der Waals surface area contributed by atoms with Gasteiger partial charge in [-0.3, -0.25) is 8.98 Å². The first-order chi connectivity index (χ1) is 10.8. The fourth-order valence-electron chi connectivity index (χ4n) is 2.11. The highest BCUT2D eigenvalue weighted by Gasteiger charge is 2.17. The first-order valence-corrected chi connectivity index (χ1v) is 9.42. The number of hydrogen-bond donors (Lipinski definition) is 1. The molecule has 6 nitrogen and oxygen atoms in total. The Labute approximate surface area is 137 Å². The largest absolute Gasteiger partial charge is 0.491 e. The Morgan fingerprint density at radius 1 is 1.22 bits per heavy atom. The summed E-state index contributed by atoms with van der Waals surface area (Å²) < 4.78 is 31.5. The van der Waals surface area contributed by atoms with Crippen LogP contribution >= 0.6 is 0 Å². The van der Waals surface area contributed by atoms with E-state index >= 15 is 0 Å². The summed E-state index contributed by atoms with van der Waals surface area (Å²) in [6.07, 6.45) is 4.03. The smallest absolute Gasteiger partial charge is 0.306 e. The Bertz CT molecular complexity index is 579. The Morgan fingerprint density at radius 3 is 2.39 bits per heavy atom.